The fraction of sp³-hybridized carbons (Fsp3) is 0.400. The number of imidazole rings is 1. The van der Waals surface area contributed by atoms with Gasteiger partial charge in [0.15, 0.2) is 0 Å². The van der Waals surface area contributed by atoms with Gasteiger partial charge in [-0.15, -0.1) is 0 Å². The largest absolute Gasteiger partial charge is 0.417 e. The van der Waals surface area contributed by atoms with Crippen LogP contribution in [0.2, 0.25) is 0 Å². The van der Waals surface area contributed by atoms with Gasteiger partial charge in [0.05, 0.1) is 17.2 Å². The molecule has 3 aromatic rings. The lowest BCUT2D eigenvalue weighted by Gasteiger charge is -2.40. The lowest BCUT2D eigenvalue weighted by atomic mass is 9.89. The molecule has 1 aliphatic rings. The lowest BCUT2D eigenvalue weighted by Crippen LogP contribution is -2.51. The predicted molar refractivity (Wildman–Crippen MR) is 124 cm³/mol. The first-order chi connectivity index (χ1) is 16.1. The Morgan fingerprint density at radius 3 is 2.65 bits per heavy atom. The average molecular weight is 472 g/mol. The van der Waals surface area contributed by atoms with Gasteiger partial charge in [-0.2, -0.15) is 13.2 Å². The molecule has 6 nitrogen and oxygen atoms in total. The molecule has 9 heteroatoms. The Hall–Kier alpha value is -3.36. The van der Waals surface area contributed by atoms with Crippen LogP contribution in [0, 0.1) is 12.8 Å². The number of carbonyl (C=O) groups is 1. The Kier molecular flexibility index (Phi) is 6.63. The predicted octanol–water partition coefficient (Wildman–Crippen LogP) is 5.16. The molecule has 1 aromatic carbocycles. The molecule has 0 saturated carbocycles. The van der Waals surface area contributed by atoms with Gasteiger partial charge in [-0.3, -0.25) is 4.79 Å². The molecule has 0 bridgehead atoms. The number of likely N-dealkylation sites (tertiary alicyclic amines) is 1. The number of rotatable bonds is 5. The lowest BCUT2D eigenvalue weighted by molar-refractivity contribution is -0.137. The summed E-state index contributed by atoms with van der Waals surface area (Å²) in [5.74, 6) is 1.22. The monoisotopic (exact) mass is 471 g/mol. The number of nitrogens with zero attached hydrogens (tertiary/aromatic N) is 4. The smallest absolute Gasteiger partial charge is 0.368 e. The SMILES string of the molecule is Cc1ccc(-c2nccn2C)c(C(=O)N2CCC[C@@H](C)C2CNc2ccc(C(F)(F)F)cn2)c1. The van der Waals surface area contributed by atoms with Crippen LogP contribution in [0.3, 0.4) is 0 Å². The molecule has 2 aromatic heterocycles. The molecule has 180 valence electrons. The summed E-state index contributed by atoms with van der Waals surface area (Å²) in [6.07, 6.45) is 1.81. The number of halogens is 3. The van der Waals surface area contributed by atoms with E-state index < -0.39 is 11.7 Å². The number of nitrogens with one attached hydrogen (secondary N) is 1. The standard InChI is InChI=1S/C25H28F3N5O/c1-16-6-8-19(23-29-10-12-32(23)3)20(13-16)24(34)33-11-4-5-17(2)21(33)15-31-22-9-7-18(14-30-22)25(26,27)28/h6-10,12-14,17,21H,4-5,11,15H2,1-3H3,(H,30,31)/t17-,21?/m1/s1. The zero-order valence-electron chi connectivity index (χ0n) is 19.4. The zero-order chi connectivity index (χ0) is 24.5. The summed E-state index contributed by atoms with van der Waals surface area (Å²) in [6, 6.07) is 8.00. The summed E-state index contributed by atoms with van der Waals surface area (Å²) in [6.45, 7) is 5.06. The molecule has 0 spiro atoms. The van der Waals surface area contributed by atoms with Crippen molar-refractivity contribution in [2.45, 2.75) is 38.9 Å². The third-order valence-corrected chi connectivity index (χ3v) is 6.43. The Labute approximate surface area is 196 Å². The minimum absolute atomic E-state index is 0.0690. The van der Waals surface area contributed by atoms with Crippen molar-refractivity contribution < 1.29 is 18.0 Å². The van der Waals surface area contributed by atoms with Gasteiger partial charge in [0.25, 0.3) is 5.91 Å². The number of aryl methyl sites for hydroxylation is 2. The molecular formula is C25H28F3N5O. The number of carbonyl (C=O) groups excluding carboxylic acids is 1. The van der Waals surface area contributed by atoms with Crippen molar-refractivity contribution in [2.75, 3.05) is 18.4 Å². The van der Waals surface area contributed by atoms with E-state index in [0.717, 1.165) is 42.1 Å². The maximum atomic E-state index is 13.8. The van der Waals surface area contributed by atoms with Gasteiger partial charge in [-0.05, 0) is 43.9 Å². The topological polar surface area (TPSA) is 63.1 Å². The normalized spacial score (nSPS) is 18.7. The van der Waals surface area contributed by atoms with E-state index in [0.29, 0.717) is 24.5 Å². The molecule has 1 saturated heterocycles. The fourth-order valence-electron chi connectivity index (χ4n) is 4.50. The highest BCUT2D eigenvalue weighted by Gasteiger charge is 2.34. The van der Waals surface area contributed by atoms with Crippen LogP contribution in [-0.4, -0.2) is 44.5 Å². The number of alkyl halides is 3. The number of benzene rings is 1. The van der Waals surface area contributed by atoms with Gasteiger partial charge in [0.1, 0.15) is 11.6 Å². The highest BCUT2D eigenvalue weighted by atomic mass is 19.4. The number of hydrogen-bond acceptors (Lipinski definition) is 4. The van der Waals surface area contributed by atoms with Crippen molar-refractivity contribution in [3.63, 3.8) is 0 Å². The summed E-state index contributed by atoms with van der Waals surface area (Å²) in [4.78, 5) is 24.0. The van der Waals surface area contributed by atoms with Crippen LogP contribution >= 0.6 is 0 Å². The minimum Gasteiger partial charge on any atom is -0.368 e. The van der Waals surface area contributed by atoms with E-state index in [4.69, 9.17) is 0 Å². The van der Waals surface area contributed by atoms with Crippen molar-refractivity contribution in [3.8, 4) is 11.4 Å². The van der Waals surface area contributed by atoms with Gasteiger partial charge < -0.3 is 14.8 Å². The van der Waals surface area contributed by atoms with Crippen LogP contribution in [0.15, 0.2) is 48.9 Å². The number of aromatic nitrogens is 3. The average Bonchev–Trinajstić information content (AvgIpc) is 3.23. The Balaban J connectivity index is 1.58. The van der Waals surface area contributed by atoms with Crippen LogP contribution in [0.1, 0.15) is 41.3 Å². The highest BCUT2D eigenvalue weighted by molar-refractivity contribution is 6.00. The molecule has 34 heavy (non-hydrogen) atoms. The first kappa shape index (κ1) is 23.8. The molecule has 1 amide bonds. The van der Waals surface area contributed by atoms with E-state index in [1.807, 2.05) is 47.8 Å². The Morgan fingerprint density at radius 2 is 2.00 bits per heavy atom. The summed E-state index contributed by atoms with van der Waals surface area (Å²) >= 11 is 0. The van der Waals surface area contributed by atoms with Gasteiger partial charge in [0, 0.05) is 44.3 Å². The van der Waals surface area contributed by atoms with Crippen molar-refractivity contribution in [3.05, 3.63) is 65.6 Å². The molecule has 1 fully saturated rings. The third-order valence-electron chi connectivity index (χ3n) is 6.43. The van der Waals surface area contributed by atoms with Gasteiger partial charge in [0.2, 0.25) is 0 Å². The number of amides is 1. The van der Waals surface area contributed by atoms with Gasteiger partial charge >= 0.3 is 6.18 Å². The number of hydrogen-bond donors (Lipinski definition) is 1. The minimum atomic E-state index is -4.43. The Morgan fingerprint density at radius 1 is 1.21 bits per heavy atom. The van der Waals surface area contributed by atoms with Crippen LogP contribution < -0.4 is 5.32 Å². The van der Waals surface area contributed by atoms with Crippen molar-refractivity contribution >= 4 is 11.7 Å². The summed E-state index contributed by atoms with van der Waals surface area (Å²) in [5, 5.41) is 3.13. The second-order valence-electron chi connectivity index (χ2n) is 8.91. The van der Waals surface area contributed by atoms with Gasteiger partial charge in [-0.25, -0.2) is 9.97 Å². The van der Waals surface area contributed by atoms with E-state index >= 15 is 0 Å². The third kappa shape index (κ3) is 4.93. The molecular weight excluding hydrogens is 443 g/mol. The van der Waals surface area contributed by atoms with Gasteiger partial charge in [-0.1, -0.05) is 24.6 Å². The van der Waals surface area contributed by atoms with Crippen molar-refractivity contribution in [1.82, 2.24) is 19.4 Å². The number of pyridine rings is 1. The highest BCUT2D eigenvalue weighted by Crippen LogP contribution is 2.31. The first-order valence-corrected chi connectivity index (χ1v) is 11.3. The zero-order valence-corrected chi connectivity index (χ0v) is 19.4. The Bertz CT molecular complexity index is 1160. The fourth-order valence-corrected chi connectivity index (χ4v) is 4.50. The van der Waals surface area contributed by atoms with Crippen LogP contribution in [0.4, 0.5) is 19.0 Å². The molecule has 1 unspecified atom stereocenters. The molecule has 2 atom stereocenters. The number of piperidine rings is 1. The second kappa shape index (κ2) is 9.48. The first-order valence-electron chi connectivity index (χ1n) is 11.3. The molecule has 1 aliphatic heterocycles. The van der Waals surface area contributed by atoms with Crippen molar-refractivity contribution in [2.24, 2.45) is 13.0 Å². The van der Waals surface area contributed by atoms with E-state index in [1.54, 1.807) is 6.20 Å². The second-order valence-corrected chi connectivity index (χ2v) is 8.91. The van der Waals surface area contributed by atoms with E-state index in [-0.39, 0.29) is 17.9 Å². The molecule has 3 heterocycles. The van der Waals surface area contributed by atoms with Crippen molar-refractivity contribution in [1.29, 1.82) is 0 Å². The molecule has 0 aliphatic carbocycles. The van der Waals surface area contributed by atoms with E-state index in [2.05, 4.69) is 22.2 Å². The summed E-state index contributed by atoms with van der Waals surface area (Å²) in [5.41, 5.74) is 1.57. The van der Waals surface area contributed by atoms with E-state index in [9.17, 15) is 18.0 Å². The van der Waals surface area contributed by atoms with Crippen LogP contribution in [-0.2, 0) is 13.2 Å². The maximum Gasteiger partial charge on any atom is 0.417 e. The molecule has 0 radical (unpaired) electrons. The molecule has 4 rings (SSSR count). The quantitative estimate of drug-likeness (QED) is 0.558. The van der Waals surface area contributed by atoms with E-state index in [1.165, 1.54) is 6.07 Å². The summed E-state index contributed by atoms with van der Waals surface area (Å²) in [7, 11) is 1.89. The molecule has 1 N–H and O–H groups in total. The number of anilines is 1. The summed E-state index contributed by atoms with van der Waals surface area (Å²) < 4.78 is 40.4. The van der Waals surface area contributed by atoms with Crippen LogP contribution in [0.5, 0.6) is 0 Å². The maximum absolute atomic E-state index is 13.8. The van der Waals surface area contributed by atoms with Crippen LogP contribution in [0.25, 0.3) is 11.4 Å².